The highest BCUT2D eigenvalue weighted by Crippen LogP contribution is 2.44. The van der Waals surface area contributed by atoms with Crippen LogP contribution in [0, 0.1) is 11.8 Å². The Labute approximate surface area is 187 Å². The van der Waals surface area contributed by atoms with E-state index in [0.29, 0.717) is 6.54 Å². The molecule has 2 amide bonds. The van der Waals surface area contributed by atoms with Gasteiger partial charge in [0.05, 0.1) is 5.92 Å². The van der Waals surface area contributed by atoms with E-state index in [9.17, 15) is 19.5 Å². The number of carboxylic acid groups (broad SMARTS) is 1. The van der Waals surface area contributed by atoms with E-state index in [1.807, 2.05) is 31.2 Å². The Morgan fingerprint density at radius 1 is 1.06 bits per heavy atom. The maximum absolute atomic E-state index is 12.5. The molecule has 0 bridgehead atoms. The molecule has 1 aliphatic carbocycles. The number of nitrogens with one attached hydrogen (secondary N) is 1. The second-order valence-corrected chi connectivity index (χ2v) is 8.80. The van der Waals surface area contributed by atoms with Crippen molar-refractivity contribution in [2.75, 3.05) is 19.7 Å². The van der Waals surface area contributed by atoms with Crippen molar-refractivity contribution in [1.29, 1.82) is 0 Å². The molecule has 7 heteroatoms. The number of alkyl carbamates (subject to hydrolysis) is 1. The molecule has 2 aliphatic rings. The monoisotopic (exact) mass is 436 g/mol. The highest BCUT2D eigenvalue weighted by Gasteiger charge is 2.37. The number of carboxylic acids is 1. The number of carbonyl (C=O) groups is 3. The minimum atomic E-state index is -0.877. The second-order valence-electron chi connectivity index (χ2n) is 8.80. The average molecular weight is 437 g/mol. The first-order chi connectivity index (χ1) is 15.3. The van der Waals surface area contributed by atoms with Crippen LogP contribution in [0.3, 0.4) is 0 Å². The minimum absolute atomic E-state index is 0.0240. The fraction of sp³-hybridized carbons (Fsp3) is 0.400. The Morgan fingerprint density at radius 3 is 2.22 bits per heavy atom. The molecule has 2 N–H and O–H groups in total. The largest absolute Gasteiger partial charge is 0.481 e. The van der Waals surface area contributed by atoms with Gasteiger partial charge in [-0.3, -0.25) is 9.59 Å². The zero-order valence-electron chi connectivity index (χ0n) is 18.3. The predicted octanol–water partition coefficient (Wildman–Crippen LogP) is 3.48. The lowest BCUT2D eigenvalue weighted by atomic mass is 9.98. The maximum atomic E-state index is 12.5. The number of likely N-dealkylation sites (tertiary alicyclic amines) is 1. The summed E-state index contributed by atoms with van der Waals surface area (Å²) >= 11 is 0. The SMILES string of the molecule is CC(CC(=O)N1C[C@H](C(=O)O)[C@@H](C)C1)NC(=O)OCC1c2ccccc2-c2ccccc21. The zero-order chi connectivity index (χ0) is 22.8. The van der Waals surface area contributed by atoms with Gasteiger partial charge in [0, 0.05) is 31.5 Å². The molecule has 2 aromatic rings. The molecule has 1 saturated heterocycles. The van der Waals surface area contributed by atoms with Gasteiger partial charge in [0.2, 0.25) is 5.91 Å². The summed E-state index contributed by atoms with van der Waals surface area (Å²) in [6.07, 6.45) is -0.464. The number of aliphatic carboxylic acids is 1. The number of amides is 2. The third-order valence-electron chi connectivity index (χ3n) is 6.47. The molecule has 0 saturated carbocycles. The smallest absolute Gasteiger partial charge is 0.407 e. The maximum Gasteiger partial charge on any atom is 0.407 e. The van der Waals surface area contributed by atoms with E-state index >= 15 is 0 Å². The van der Waals surface area contributed by atoms with Crippen LogP contribution in [0.5, 0.6) is 0 Å². The van der Waals surface area contributed by atoms with Crippen LogP contribution in [0.2, 0.25) is 0 Å². The molecule has 1 heterocycles. The number of hydrogen-bond donors (Lipinski definition) is 2. The standard InChI is InChI=1S/C25H28N2O5/c1-15-12-27(13-21(15)24(29)30)23(28)11-16(2)26-25(31)32-14-22-19-9-5-3-7-17(19)18-8-4-6-10-20(18)22/h3-10,15-16,21-22H,11-14H2,1-2H3,(H,26,31)(H,29,30)/t15-,16?,21-/m0/s1. The molecule has 1 unspecified atom stereocenters. The van der Waals surface area contributed by atoms with Gasteiger partial charge in [0.15, 0.2) is 0 Å². The Hall–Kier alpha value is -3.35. The van der Waals surface area contributed by atoms with Gasteiger partial charge in [-0.2, -0.15) is 0 Å². The van der Waals surface area contributed by atoms with E-state index in [1.165, 1.54) is 0 Å². The summed E-state index contributed by atoms with van der Waals surface area (Å²) in [6, 6.07) is 15.8. The van der Waals surface area contributed by atoms with Crippen molar-refractivity contribution in [3.05, 3.63) is 59.7 Å². The summed E-state index contributed by atoms with van der Waals surface area (Å²) in [7, 11) is 0. The summed E-state index contributed by atoms with van der Waals surface area (Å²) in [5.41, 5.74) is 4.60. The molecule has 1 fully saturated rings. The number of benzene rings is 2. The van der Waals surface area contributed by atoms with Gasteiger partial charge >= 0.3 is 12.1 Å². The normalized spacial score (nSPS) is 20.4. The fourth-order valence-corrected chi connectivity index (χ4v) is 4.78. The van der Waals surface area contributed by atoms with Crippen molar-refractivity contribution in [2.45, 2.75) is 32.2 Å². The Kier molecular flexibility index (Phi) is 6.17. The highest BCUT2D eigenvalue weighted by molar-refractivity contribution is 5.81. The average Bonchev–Trinajstić information content (AvgIpc) is 3.30. The van der Waals surface area contributed by atoms with E-state index in [2.05, 4.69) is 29.6 Å². The van der Waals surface area contributed by atoms with Crippen molar-refractivity contribution >= 4 is 18.0 Å². The molecule has 4 rings (SSSR count). The number of nitrogens with zero attached hydrogens (tertiary/aromatic N) is 1. The number of rotatable bonds is 6. The van der Waals surface area contributed by atoms with Crippen LogP contribution in [-0.4, -0.2) is 53.7 Å². The molecular formula is C25H28N2O5. The fourth-order valence-electron chi connectivity index (χ4n) is 4.78. The summed E-state index contributed by atoms with van der Waals surface area (Å²) < 4.78 is 5.53. The second kappa shape index (κ2) is 9.02. The number of ether oxygens (including phenoxy) is 1. The lowest BCUT2D eigenvalue weighted by Gasteiger charge is -2.20. The van der Waals surface area contributed by atoms with Crippen LogP contribution in [0.25, 0.3) is 11.1 Å². The Balaban J connectivity index is 1.30. The summed E-state index contributed by atoms with van der Waals surface area (Å²) in [6.45, 7) is 4.43. The first kappa shape index (κ1) is 21.9. The summed E-state index contributed by atoms with van der Waals surface area (Å²) in [5.74, 6) is -1.68. The highest BCUT2D eigenvalue weighted by atomic mass is 16.5. The molecule has 3 atom stereocenters. The Bertz CT molecular complexity index is 991. The van der Waals surface area contributed by atoms with Crippen molar-refractivity contribution in [2.24, 2.45) is 11.8 Å². The lowest BCUT2D eigenvalue weighted by Crippen LogP contribution is -2.39. The van der Waals surface area contributed by atoms with E-state index in [4.69, 9.17) is 4.74 Å². The van der Waals surface area contributed by atoms with Crippen LogP contribution in [-0.2, 0) is 14.3 Å². The van der Waals surface area contributed by atoms with Crippen LogP contribution in [0.15, 0.2) is 48.5 Å². The first-order valence-electron chi connectivity index (χ1n) is 11.0. The van der Waals surface area contributed by atoms with Gasteiger partial charge in [-0.1, -0.05) is 55.5 Å². The molecule has 1 aliphatic heterocycles. The van der Waals surface area contributed by atoms with E-state index < -0.39 is 24.0 Å². The van der Waals surface area contributed by atoms with E-state index in [1.54, 1.807) is 11.8 Å². The first-order valence-corrected chi connectivity index (χ1v) is 11.0. The molecule has 2 aromatic carbocycles. The van der Waals surface area contributed by atoms with Crippen LogP contribution in [0.1, 0.15) is 37.3 Å². The van der Waals surface area contributed by atoms with Gasteiger partial charge in [-0.25, -0.2) is 4.79 Å². The third-order valence-corrected chi connectivity index (χ3v) is 6.47. The van der Waals surface area contributed by atoms with Crippen molar-refractivity contribution < 1.29 is 24.2 Å². The number of hydrogen-bond acceptors (Lipinski definition) is 4. The topological polar surface area (TPSA) is 95.9 Å². The molecule has 0 aromatic heterocycles. The quantitative estimate of drug-likeness (QED) is 0.723. The lowest BCUT2D eigenvalue weighted by molar-refractivity contribution is -0.142. The molecule has 168 valence electrons. The molecule has 0 spiro atoms. The third kappa shape index (κ3) is 4.33. The molecule has 32 heavy (non-hydrogen) atoms. The van der Waals surface area contributed by atoms with Gasteiger partial charge in [0.25, 0.3) is 0 Å². The van der Waals surface area contributed by atoms with Gasteiger partial charge in [-0.15, -0.1) is 0 Å². The Morgan fingerprint density at radius 2 is 1.66 bits per heavy atom. The molecular weight excluding hydrogens is 408 g/mol. The zero-order valence-corrected chi connectivity index (χ0v) is 18.3. The number of fused-ring (bicyclic) bond motifs is 3. The van der Waals surface area contributed by atoms with Gasteiger partial charge in [-0.05, 0) is 35.1 Å². The predicted molar refractivity (Wildman–Crippen MR) is 119 cm³/mol. The van der Waals surface area contributed by atoms with Crippen molar-refractivity contribution in [1.82, 2.24) is 10.2 Å². The molecule has 0 radical (unpaired) electrons. The summed E-state index contributed by atoms with van der Waals surface area (Å²) in [4.78, 5) is 37.8. The minimum Gasteiger partial charge on any atom is -0.481 e. The van der Waals surface area contributed by atoms with E-state index in [-0.39, 0.29) is 37.3 Å². The molecule has 7 nitrogen and oxygen atoms in total. The van der Waals surface area contributed by atoms with Gasteiger partial charge < -0.3 is 20.1 Å². The van der Waals surface area contributed by atoms with Crippen LogP contribution < -0.4 is 5.32 Å². The van der Waals surface area contributed by atoms with Crippen LogP contribution in [0.4, 0.5) is 4.79 Å². The van der Waals surface area contributed by atoms with E-state index in [0.717, 1.165) is 22.3 Å². The summed E-state index contributed by atoms with van der Waals surface area (Å²) in [5, 5.41) is 12.0. The van der Waals surface area contributed by atoms with Crippen LogP contribution >= 0.6 is 0 Å². The van der Waals surface area contributed by atoms with Gasteiger partial charge in [0.1, 0.15) is 6.61 Å². The number of carbonyl (C=O) groups excluding carboxylic acids is 2. The van der Waals surface area contributed by atoms with Crippen molar-refractivity contribution in [3.8, 4) is 11.1 Å². The van der Waals surface area contributed by atoms with Crippen molar-refractivity contribution in [3.63, 3.8) is 0 Å².